The van der Waals surface area contributed by atoms with Crippen LogP contribution in [0.4, 0.5) is 0 Å². The molecular weight excluding hydrogens is 232 g/mol. The fourth-order valence-corrected chi connectivity index (χ4v) is 1.33. The molecule has 0 aliphatic rings. The number of hydrogen-bond acceptors (Lipinski definition) is 3. The summed E-state index contributed by atoms with van der Waals surface area (Å²) < 4.78 is 0. The van der Waals surface area contributed by atoms with Gasteiger partial charge in [0.1, 0.15) is 0 Å². The van der Waals surface area contributed by atoms with Crippen molar-refractivity contribution in [2.45, 2.75) is 27.2 Å². The van der Waals surface area contributed by atoms with Crippen molar-refractivity contribution in [2.75, 3.05) is 6.54 Å². The first-order chi connectivity index (χ1) is 8.39. The minimum absolute atomic E-state index is 0.103. The number of carbonyl (C=O) groups excluding carboxylic acids is 1. The molecule has 0 aliphatic carbocycles. The molecule has 5 nitrogen and oxygen atoms in total. The second-order valence-corrected chi connectivity index (χ2v) is 4.59. The molecular formula is C13H18N2O3. The minimum atomic E-state index is -0.937. The Morgan fingerprint density at radius 2 is 2.11 bits per heavy atom. The van der Waals surface area contributed by atoms with Crippen molar-refractivity contribution < 1.29 is 14.7 Å². The summed E-state index contributed by atoms with van der Waals surface area (Å²) in [7, 11) is 0. The fraction of sp³-hybridized carbons (Fsp3) is 0.462. The first-order valence-corrected chi connectivity index (χ1v) is 5.83. The van der Waals surface area contributed by atoms with E-state index >= 15 is 0 Å². The summed E-state index contributed by atoms with van der Waals surface area (Å²) >= 11 is 0. The van der Waals surface area contributed by atoms with Gasteiger partial charge in [0.25, 0.3) is 5.91 Å². The fourth-order valence-electron chi connectivity index (χ4n) is 1.33. The zero-order valence-electron chi connectivity index (χ0n) is 10.9. The largest absolute Gasteiger partial charge is 0.481 e. The molecule has 1 aromatic rings. The topological polar surface area (TPSA) is 79.3 Å². The van der Waals surface area contributed by atoms with E-state index in [2.05, 4.69) is 10.3 Å². The van der Waals surface area contributed by atoms with E-state index in [1.165, 1.54) is 6.20 Å². The van der Waals surface area contributed by atoms with Gasteiger partial charge in [-0.1, -0.05) is 6.92 Å². The molecule has 0 radical (unpaired) electrons. The van der Waals surface area contributed by atoms with E-state index < -0.39 is 11.4 Å². The molecule has 98 valence electrons. The Kier molecular flexibility index (Phi) is 4.42. The van der Waals surface area contributed by atoms with Crippen molar-refractivity contribution in [3.05, 3.63) is 29.6 Å². The average Bonchev–Trinajstić information content (AvgIpc) is 2.36. The number of nitrogens with zero attached hydrogens (tertiary/aromatic N) is 1. The summed E-state index contributed by atoms with van der Waals surface area (Å²) in [5, 5.41) is 11.7. The van der Waals surface area contributed by atoms with Crippen LogP contribution in [0.2, 0.25) is 0 Å². The maximum atomic E-state index is 11.8. The zero-order chi connectivity index (χ0) is 13.8. The molecule has 2 N–H and O–H groups in total. The molecule has 0 saturated heterocycles. The summed E-state index contributed by atoms with van der Waals surface area (Å²) in [6.07, 6.45) is 1.93. The van der Waals surface area contributed by atoms with Crippen LogP contribution in [0.25, 0.3) is 0 Å². The van der Waals surface area contributed by atoms with Gasteiger partial charge in [0.05, 0.1) is 11.0 Å². The number of pyridine rings is 1. The van der Waals surface area contributed by atoms with Gasteiger partial charge in [0.2, 0.25) is 0 Å². The molecule has 1 atom stereocenters. The minimum Gasteiger partial charge on any atom is -0.481 e. The standard InChI is InChI=1S/C13H18N2O3/c1-4-13(3,12(17)18)8-15-11(16)10-6-5-9(2)14-7-10/h5-7H,4,8H2,1-3H3,(H,15,16)(H,17,18). The van der Waals surface area contributed by atoms with Gasteiger partial charge in [-0.05, 0) is 32.4 Å². The molecule has 1 heterocycles. The number of rotatable bonds is 5. The second-order valence-electron chi connectivity index (χ2n) is 4.59. The van der Waals surface area contributed by atoms with E-state index in [1.54, 1.807) is 26.0 Å². The number of amides is 1. The molecule has 1 amide bonds. The van der Waals surface area contributed by atoms with E-state index in [-0.39, 0.29) is 12.5 Å². The van der Waals surface area contributed by atoms with Crippen LogP contribution in [0, 0.1) is 12.3 Å². The summed E-state index contributed by atoms with van der Waals surface area (Å²) in [4.78, 5) is 26.9. The Hall–Kier alpha value is -1.91. The van der Waals surface area contributed by atoms with Gasteiger partial charge in [-0.3, -0.25) is 14.6 Å². The third-order valence-corrected chi connectivity index (χ3v) is 3.11. The van der Waals surface area contributed by atoms with Crippen LogP contribution in [-0.2, 0) is 4.79 Å². The smallest absolute Gasteiger partial charge is 0.311 e. The van der Waals surface area contributed by atoms with E-state index in [0.29, 0.717) is 12.0 Å². The van der Waals surface area contributed by atoms with E-state index in [1.807, 2.05) is 6.92 Å². The molecule has 0 spiro atoms. The van der Waals surface area contributed by atoms with Crippen LogP contribution in [0.5, 0.6) is 0 Å². The first-order valence-electron chi connectivity index (χ1n) is 5.83. The predicted molar refractivity (Wildman–Crippen MR) is 67.3 cm³/mol. The van der Waals surface area contributed by atoms with Crippen molar-refractivity contribution in [3.63, 3.8) is 0 Å². The number of aliphatic carboxylic acids is 1. The lowest BCUT2D eigenvalue weighted by Gasteiger charge is -2.23. The highest BCUT2D eigenvalue weighted by atomic mass is 16.4. The third-order valence-electron chi connectivity index (χ3n) is 3.11. The number of nitrogens with one attached hydrogen (secondary N) is 1. The molecule has 0 aromatic carbocycles. The van der Waals surface area contributed by atoms with Crippen molar-refractivity contribution in [1.29, 1.82) is 0 Å². The predicted octanol–water partition coefficient (Wildman–Crippen LogP) is 1.62. The van der Waals surface area contributed by atoms with Crippen LogP contribution >= 0.6 is 0 Å². The van der Waals surface area contributed by atoms with E-state index in [4.69, 9.17) is 5.11 Å². The van der Waals surface area contributed by atoms with Crippen molar-refractivity contribution in [2.24, 2.45) is 5.41 Å². The SMILES string of the molecule is CCC(C)(CNC(=O)c1ccc(C)nc1)C(=O)O. The Morgan fingerprint density at radius 1 is 1.44 bits per heavy atom. The Bertz CT molecular complexity index is 442. The van der Waals surface area contributed by atoms with Gasteiger partial charge in [0, 0.05) is 18.4 Å². The van der Waals surface area contributed by atoms with Gasteiger partial charge >= 0.3 is 5.97 Å². The monoisotopic (exact) mass is 250 g/mol. The molecule has 0 saturated carbocycles. The van der Waals surface area contributed by atoms with Crippen LogP contribution in [0.15, 0.2) is 18.3 Å². The lowest BCUT2D eigenvalue weighted by Crippen LogP contribution is -2.40. The van der Waals surface area contributed by atoms with E-state index in [0.717, 1.165) is 5.69 Å². The molecule has 0 bridgehead atoms. The van der Waals surface area contributed by atoms with E-state index in [9.17, 15) is 9.59 Å². The summed E-state index contributed by atoms with van der Waals surface area (Å²) in [6.45, 7) is 5.34. The van der Waals surface area contributed by atoms with Crippen LogP contribution in [-0.4, -0.2) is 28.5 Å². The lowest BCUT2D eigenvalue weighted by atomic mass is 9.87. The molecule has 1 unspecified atom stereocenters. The number of carbonyl (C=O) groups is 2. The Labute approximate surface area is 106 Å². The van der Waals surface area contributed by atoms with Crippen molar-refractivity contribution in [1.82, 2.24) is 10.3 Å². The molecule has 0 fully saturated rings. The third kappa shape index (κ3) is 3.29. The lowest BCUT2D eigenvalue weighted by molar-refractivity contribution is -0.147. The highest BCUT2D eigenvalue weighted by molar-refractivity contribution is 5.94. The van der Waals surface area contributed by atoms with Gasteiger partial charge in [-0.15, -0.1) is 0 Å². The maximum Gasteiger partial charge on any atom is 0.311 e. The van der Waals surface area contributed by atoms with Gasteiger partial charge in [-0.25, -0.2) is 0 Å². The first kappa shape index (κ1) is 14.2. The summed E-state index contributed by atoms with van der Waals surface area (Å²) in [5.41, 5.74) is 0.327. The second kappa shape index (κ2) is 5.62. The number of aryl methyl sites for hydroxylation is 1. The van der Waals surface area contributed by atoms with Crippen LogP contribution in [0.3, 0.4) is 0 Å². The molecule has 1 aromatic heterocycles. The Morgan fingerprint density at radius 3 is 2.56 bits per heavy atom. The number of aromatic nitrogens is 1. The quantitative estimate of drug-likeness (QED) is 0.832. The summed E-state index contributed by atoms with van der Waals surface area (Å²) in [6, 6.07) is 3.41. The average molecular weight is 250 g/mol. The van der Waals surface area contributed by atoms with Crippen molar-refractivity contribution in [3.8, 4) is 0 Å². The van der Waals surface area contributed by atoms with Crippen molar-refractivity contribution >= 4 is 11.9 Å². The van der Waals surface area contributed by atoms with Crippen LogP contribution in [0.1, 0.15) is 36.3 Å². The zero-order valence-corrected chi connectivity index (χ0v) is 10.9. The molecule has 1 rings (SSSR count). The Balaban J connectivity index is 2.66. The maximum absolute atomic E-state index is 11.8. The highest BCUT2D eigenvalue weighted by Crippen LogP contribution is 2.20. The molecule has 18 heavy (non-hydrogen) atoms. The molecule has 5 heteroatoms. The normalized spacial score (nSPS) is 13.7. The highest BCUT2D eigenvalue weighted by Gasteiger charge is 2.31. The van der Waals surface area contributed by atoms with Gasteiger partial charge < -0.3 is 10.4 Å². The van der Waals surface area contributed by atoms with Gasteiger partial charge in [0.15, 0.2) is 0 Å². The summed E-state index contributed by atoms with van der Waals surface area (Å²) in [5.74, 6) is -1.21. The number of carboxylic acids is 1. The number of hydrogen-bond donors (Lipinski definition) is 2. The van der Waals surface area contributed by atoms with Gasteiger partial charge in [-0.2, -0.15) is 0 Å². The number of carboxylic acid groups (broad SMARTS) is 1. The van der Waals surface area contributed by atoms with Crippen LogP contribution < -0.4 is 5.32 Å². The molecule has 0 aliphatic heterocycles.